The smallest absolute Gasteiger partial charge is 0.255 e. The molecule has 0 saturated carbocycles. The zero-order valence-electron chi connectivity index (χ0n) is 15.6. The van der Waals surface area contributed by atoms with Gasteiger partial charge in [0, 0.05) is 29.4 Å². The summed E-state index contributed by atoms with van der Waals surface area (Å²) in [6.07, 6.45) is 1.69. The molecule has 27 heavy (non-hydrogen) atoms. The molecule has 0 radical (unpaired) electrons. The van der Waals surface area contributed by atoms with Crippen LogP contribution in [0.1, 0.15) is 21.5 Å². The number of rotatable bonds is 7. The molecule has 0 unspecified atom stereocenters. The third kappa shape index (κ3) is 4.88. The Bertz CT molecular complexity index is 884. The largest absolute Gasteiger partial charge is 0.497 e. The van der Waals surface area contributed by atoms with Gasteiger partial charge in [-0.1, -0.05) is 48.5 Å². The molecule has 1 N–H and O–H groups in total. The maximum absolute atomic E-state index is 12.9. The summed E-state index contributed by atoms with van der Waals surface area (Å²) < 4.78 is 10.5. The van der Waals surface area contributed by atoms with Crippen molar-refractivity contribution in [2.75, 3.05) is 19.5 Å². The number of aryl methyl sites for hydroxylation is 2. The first-order valence-corrected chi connectivity index (χ1v) is 8.86. The molecule has 138 valence electrons. The first-order valence-electron chi connectivity index (χ1n) is 8.86. The minimum atomic E-state index is -0.144. The minimum Gasteiger partial charge on any atom is -0.497 e. The molecule has 0 aliphatic rings. The zero-order chi connectivity index (χ0) is 19.1. The number of carbonyl (C=O) groups is 1. The van der Waals surface area contributed by atoms with Gasteiger partial charge in [-0.15, -0.1) is 0 Å². The highest BCUT2D eigenvalue weighted by atomic mass is 16.5. The monoisotopic (exact) mass is 361 g/mol. The Balaban J connectivity index is 1.77. The van der Waals surface area contributed by atoms with Crippen LogP contribution in [0.5, 0.6) is 11.5 Å². The lowest BCUT2D eigenvalue weighted by Gasteiger charge is -2.12. The van der Waals surface area contributed by atoms with E-state index in [-0.39, 0.29) is 5.91 Å². The molecule has 1 amide bonds. The van der Waals surface area contributed by atoms with E-state index < -0.39 is 0 Å². The molecular weight excluding hydrogens is 338 g/mol. The second-order valence-electron chi connectivity index (χ2n) is 6.20. The molecule has 4 nitrogen and oxygen atoms in total. The fourth-order valence-corrected chi connectivity index (χ4v) is 2.96. The number of nitrogens with one attached hydrogen (secondary N) is 1. The second kappa shape index (κ2) is 8.90. The Kier molecular flexibility index (Phi) is 6.10. The van der Waals surface area contributed by atoms with E-state index in [0.717, 1.165) is 18.4 Å². The van der Waals surface area contributed by atoms with E-state index in [2.05, 4.69) is 17.4 Å². The fraction of sp³-hybridized carbons (Fsp3) is 0.174. The van der Waals surface area contributed by atoms with E-state index in [9.17, 15) is 4.79 Å². The van der Waals surface area contributed by atoms with Crippen molar-refractivity contribution >= 4 is 11.6 Å². The molecule has 0 saturated heterocycles. The quantitative estimate of drug-likeness (QED) is 0.661. The molecule has 0 aliphatic heterocycles. The molecule has 3 aromatic rings. The first kappa shape index (κ1) is 18.5. The van der Waals surface area contributed by atoms with E-state index in [4.69, 9.17) is 9.47 Å². The molecule has 0 aromatic heterocycles. The van der Waals surface area contributed by atoms with Gasteiger partial charge in [0.1, 0.15) is 11.5 Å². The second-order valence-corrected chi connectivity index (χ2v) is 6.20. The van der Waals surface area contributed by atoms with Crippen LogP contribution in [-0.4, -0.2) is 20.1 Å². The maximum Gasteiger partial charge on any atom is 0.255 e. The number of anilines is 1. The van der Waals surface area contributed by atoms with Gasteiger partial charge in [0.15, 0.2) is 0 Å². The number of hydrogen-bond acceptors (Lipinski definition) is 3. The van der Waals surface area contributed by atoms with Crippen LogP contribution in [0.3, 0.4) is 0 Å². The van der Waals surface area contributed by atoms with Gasteiger partial charge < -0.3 is 14.8 Å². The summed E-state index contributed by atoms with van der Waals surface area (Å²) in [4.78, 5) is 12.9. The number of ether oxygens (including phenoxy) is 2. The number of methoxy groups -OCH3 is 2. The van der Waals surface area contributed by atoms with Crippen LogP contribution in [0, 0.1) is 0 Å². The van der Waals surface area contributed by atoms with Gasteiger partial charge in [-0.3, -0.25) is 4.79 Å². The van der Waals surface area contributed by atoms with Gasteiger partial charge in [0.2, 0.25) is 0 Å². The Labute approximate surface area is 159 Å². The van der Waals surface area contributed by atoms with E-state index in [1.165, 1.54) is 5.56 Å². The van der Waals surface area contributed by atoms with Gasteiger partial charge in [0.05, 0.1) is 14.2 Å². The summed E-state index contributed by atoms with van der Waals surface area (Å²) >= 11 is 0. The van der Waals surface area contributed by atoms with Crippen molar-refractivity contribution in [1.82, 2.24) is 0 Å². The van der Waals surface area contributed by atoms with Gasteiger partial charge in [-0.05, 0) is 30.0 Å². The van der Waals surface area contributed by atoms with Crippen molar-refractivity contribution in [2.24, 2.45) is 0 Å². The van der Waals surface area contributed by atoms with E-state index in [1.807, 2.05) is 42.5 Å². The third-order valence-corrected chi connectivity index (χ3v) is 4.40. The summed E-state index contributed by atoms with van der Waals surface area (Å²) in [6, 6.07) is 23.3. The maximum atomic E-state index is 12.9. The molecule has 4 heteroatoms. The molecular formula is C23H23NO3. The van der Waals surface area contributed by atoms with Gasteiger partial charge in [-0.25, -0.2) is 0 Å². The highest BCUT2D eigenvalue weighted by Gasteiger charge is 2.12. The standard InChI is InChI=1S/C23H23NO3/c1-26-20-14-19(15-21(16-20)27-2)24-23(25)22-11-7-6-10-18(22)13-12-17-8-4-3-5-9-17/h3-11,14-16H,12-13H2,1-2H3,(H,24,25). The minimum absolute atomic E-state index is 0.144. The Hall–Kier alpha value is -3.27. The zero-order valence-corrected chi connectivity index (χ0v) is 15.6. The number of amides is 1. The van der Waals surface area contributed by atoms with Crippen LogP contribution < -0.4 is 14.8 Å². The van der Waals surface area contributed by atoms with E-state index in [1.54, 1.807) is 32.4 Å². The van der Waals surface area contributed by atoms with Crippen LogP contribution in [0.25, 0.3) is 0 Å². The lowest BCUT2D eigenvalue weighted by atomic mass is 9.99. The SMILES string of the molecule is COc1cc(NC(=O)c2ccccc2CCc2ccccc2)cc(OC)c1. The predicted octanol–water partition coefficient (Wildman–Crippen LogP) is 4.74. The van der Waals surface area contributed by atoms with Crippen molar-refractivity contribution in [3.63, 3.8) is 0 Å². The Morgan fingerprint density at radius 2 is 1.44 bits per heavy atom. The van der Waals surface area contributed by atoms with Gasteiger partial charge >= 0.3 is 0 Å². The molecule has 0 fully saturated rings. The average molecular weight is 361 g/mol. The number of hydrogen-bond donors (Lipinski definition) is 1. The molecule has 3 rings (SSSR count). The van der Waals surface area contributed by atoms with Gasteiger partial charge in [0.25, 0.3) is 5.91 Å². The van der Waals surface area contributed by atoms with Crippen molar-refractivity contribution in [3.8, 4) is 11.5 Å². The molecule has 0 aliphatic carbocycles. The van der Waals surface area contributed by atoms with Crippen molar-refractivity contribution in [3.05, 3.63) is 89.5 Å². The van der Waals surface area contributed by atoms with E-state index >= 15 is 0 Å². The Morgan fingerprint density at radius 3 is 2.11 bits per heavy atom. The number of benzene rings is 3. The van der Waals surface area contributed by atoms with E-state index in [0.29, 0.717) is 22.7 Å². The van der Waals surface area contributed by atoms with Crippen molar-refractivity contribution in [2.45, 2.75) is 12.8 Å². The normalized spacial score (nSPS) is 10.3. The molecule has 3 aromatic carbocycles. The third-order valence-electron chi connectivity index (χ3n) is 4.40. The summed E-state index contributed by atoms with van der Waals surface area (Å²) in [5, 5.41) is 2.95. The highest BCUT2D eigenvalue weighted by molar-refractivity contribution is 6.05. The summed E-state index contributed by atoms with van der Waals surface area (Å²) in [5.74, 6) is 1.11. The topological polar surface area (TPSA) is 47.6 Å². The molecule has 0 heterocycles. The summed E-state index contributed by atoms with van der Waals surface area (Å²) in [7, 11) is 3.17. The molecule has 0 bridgehead atoms. The summed E-state index contributed by atoms with van der Waals surface area (Å²) in [5.41, 5.74) is 3.59. The van der Waals surface area contributed by atoms with Crippen LogP contribution in [-0.2, 0) is 12.8 Å². The average Bonchev–Trinajstić information content (AvgIpc) is 2.72. The number of carbonyl (C=O) groups excluding carboxylic acids is 1. The van der Waals surface area contributed by atoms with Crippen molar-refractivity contribution < 1.29 is 14.3 Å². The first-order chi connectivity index (χ1) is 13.2. The Morgan fingerprint density at radius 1 is 0.815 bits per heavy atom. The van der Waals surface area contributed by atoms with Crippen molar-refractivity contribution in [1.29, 1.82) is 0 Å². The van der Waals surface area contributed by atoms with Crippen LogP contribution >= 0.6 is 0 Å². The van der Waals surface area contributed by atoms with Crippen LogP contribution in [0.4, 0.5) is 5.69 Å². The summed E-state index contributed by atoms with van der Waals surface area (Å²) in [6.45, 7) is 0. The van der Waals surface area contributed by atoms with Crippen LogP contribution in [0.2, 0.25) is 0 Å². The lowest BCUT2D eigenvalue weighted by molar-refractivity contribution is 0.102. The lowest BCUT2D eigenvalue weighted by Crippen LogP contribution is -2.14. The predicted molar refractivity (Wildman–Crippen MR) is 108 cm³/mol. The van der Waals surface area contributed by atoms with Crippen LogP contribution in [0.15, 0.2) is 72.8 Å². The highest BCUT2D eigenvalue weighted by Crippen LogP contribution is 2.26. The molecule has 0 spiro atoms. The fourth-order valence-electron chi connectivity index (χ4n) is 2.96. The molecule has 0 atom stereocenters. The van der Waals surface area contributed by atoms with Gasteiger partial charge in [-0.2, -0.15) is 0 Å².